The fraction of sp³-hybridized carbons (Fsp3) is 0.294. The molecule has 1 aliphatic rings. The molecule has 0 aliphatic carbocycles. The molecule has 6 heteroatoms. The first-order chi connectivity index (χ1) is 11.0. The van der Waals surface area contributed by atoms with Gasteiger partial charge in [0.1, 0.15) is 10.6 Å². The van der Waals surface area contributed by atoms with E-state index in [0.717, 1.165) is 16.0 Å². The van der Waals surface area contributed by atoms with Crippen LogP contribution in [0.5, 0.6) is 5.75 Å². The zero-order valence-corrected chi connectivity index (χ0v) is 13.7. The van der Waals surface area contributed by atoms with Crippen LogP contribution in [0, 0.1) is 6.92 Å². The second-order valence-corrected chi connectivity index (χ2v) is 6.79. The molecule has 23 heavy (non-hydrogen) atoms. The number of carboxylic acids is 1. The Hall–Kier alpha value is -2.34. The molecular formula is C17H17NO4S. The number of hydrogen-bond acceptors (Lipinski definition) is 4. The van der Waals surface area contributed by atoms with E-state index in [0.29, 0.717) is 17.2 Å². The van der Waals surface area contributed by atoms with Crippen LogP contribution in [0.2, 0.25) is 0 Å². The van der Waals surface area contributed by atoms with Gasteiger partial charge in [0.15, 0.2) is 0 Å². The lowest BCUT2D eigenvalue weighted by Crippen LogP contribution is -2.40. The highest BCUT2D eigenvalue weighted by atomic mass is 32.1. The molecule has 1 unspecified atom stereocenters. The number of carbonyl (C=O) groups is 2. The molecule has 120 valence electrons. The SMILES string of the molecule is COc1cc(C)sc1C(=O)N1Cc2ccccc2C(C(=O)O)C1. The Morgan fingerprint density at radius 1 is 1.35 bits per heavy atom. The van der Waals surface area contributed by atoms with E-state index in [4.69, 9.17) is 4.74 Å². The Labute approximate surface area is 138 Å². The minimum Gasteiger partial charge on any atom is -0.495 e. The van der Waals surface area contributed by atoms with E-state index in [2.05, 4.69) is 0 Å². The average Bonchev–Trinajstić information content (AvgIpc) is 2.93. The summed E-state index contributed by atoms with van der Waals surface area (Å²) in [5, 5.41) is 9.50. The van der Waals surface area contributed by atoms with Gasteiger partial charge in [-0.2, -0.15) is 0 Å². The van der Waals surface area contributed by atoms with Gasteiger partial charge in [-0.1, -0.05) is 24.3 Å². The summed E-state index contributed by atoms with van der Waals surface area (Å²) in [6.07, 6.45) is 0. The van der Waals surface area contributed by atoms with Crippen molar-refractivity contribution in [3.63, 3.8) is 0 Å². The van der Waals surface area contributed by atoms with E-state index in [1.54, 1.807) is 4.90 Å². The summed E-state index contributed by atoms with van der Waals surface area (Å²) in [5.41, 5.74) is 1.67. The van der Waals surface area contributed by atoms with E-state index in [9.17, 15) is 14.7 Å². The maximum atomic E-state index is 12.8. The van der Waals surface area contributed by atoms with Gasteiger partial charge in [-0.3, -0.25) is 9.59 Å². The number of methoxy groups -OCH3 is 1. The van der Waals surface area contributed by atoms with Crippen LogP contribution >= 0.6 is 11.3 Å². The lowest BCUT2D eigenvalue weighted by molar-refractivity contribution is -0.139. The van der Waals surface area contributed by atoms with Crippen LogP contribution in [0.15, 0.2) is 30.3 Å². The van der Waals surface area contributed by atoms with E-state index in [1.165, 1.54) is 18.4 Å². The number of amides is 1. The Morgan fingerprint density at radius 2 is 2.09 bits per heavy atom. The number of ether oxygens (including phenoxy) is 1. The molecule has 0 spiro atoms. The predicted octanol–water partition coefficient (Wildman–Crippen LogP) is 2.89. The van der Waals surface area contributed by atoms with Crippen molar-refractivity contribution >= 4 is 23.2 Å². The average molecular weight is 331 g/mol. The molecule has 5 nitrogen and oxygen atoms in total. The maximum absolute atomic E-state index is 12.8. The predicted molar refractivity (Wildman–Crippen MR) is 87.2 cm³/mol. The number of thiophene rings is 1. The lowest BCUT2D eigenvalue weighted by Gasteiger charge is -2.32. The van der Waals surface area contributed by atoms with Crippen molar-refractivity contribution in [3.05, 3.63) is 51.2 Å². The highest BCUT2D eigenvalue weighted by Gasteiger charge is 2.34. The third kappa shape index (κ3) is 2.82. The topological polar surface area (TPSA) is 66.8 Å². The quantitative estimate of drug-likeness (QED) is 0.939. The number of carbonyl (C=O) groups excluding carboxylic acids is 1. The number of hydrogen-bond donors (Lipinski definition) is 1. The van der Waals surface area contributed by atoms with Gasteiger partial charge < -0.3 is 14.7 Å². The molecule has 0 saturated carbocycles. The molecular weight excluding hydrogens is 314 g/mol. The normalized spacial score (nSPS) is 16.8. The molecule has 0 fully saturated rings. The van der Waals surface area contributed by atoms with Crippen molar-refractivity contribution < 1.29 is 19.4 Å². The van der Waals surface area contributed by atoms with Crippen LogP contribution in [0.3, 0.4) is 0 Å². The summed E-state index contributed by atoms with van der Waals surface area (Å²) >= 11 is 1.37. The van der Waals surface area contributed by atoms with Crippen LogP contribution in [0.25, 0.3) is 0 Å². The third-order valence-electron chi connectivity index (χ3n) is 4.02. The zero-order chi connectivity index (χ0) is 16.6. The molecule has 1 amide bonds. The highest BCUT2D eigenvalue weighted by Crippen LogP contribution is 2.34. The minimum atomic E-state index is -0.913. The number of aryl methyl sites for hydroxylation is 1. The molecule has 1 aromatic heterocycles. The lowest BCUT2D eigenvalue weighted by atomic mass is 9.89. The molecule has 2 aromatic rings. The van der Waals surface area contributed by atoms with Gasteiger partial charge in [-0.05, 0) is 24.1 Å². The van der Waals surface area contributed by atoms with Gasteiger partial charge in [0.05, 0.1) is 13.0 Å². The Balaban J connectivity index is 1.95. The van der Waals surface area contributed by atoms with Crippen LogP contribution in [-0.2, 0) is 11.3 Å². The molecule has 2 heterocycles. The fourth-order valence-electron chi connectivity index (χ4n) is 2.91. The number of carboxylic acid groups (broad SMARTS) is 1. The van der Waals surface area contributed by atoms with Gasteiger partial charge >= 0.3 is 5.97 Å². The first-order valence-electron chi connectivity index (χ1n) is 7.25. The highest BCUT2D eigenvalue weighted by molar-refractivity contribution is 7.14. The third-order valence-corrected chi connectivity index (χ3v) is 5.04. The summed E-state index contributed by atoms with van der Waals surface area (Å²) in [7, 11) is 1.53. The summed E-state index contributed by atoms with van der Waals surface area (Å²) < 4.78 is 5.27. The standard InChI is InChI=1S/C17H17NO4S/c1-10-7-14(22-2)15(23-10)16(19)18-8-11-5-3-4-6-12(11)13(9-18)17(20)21/h3-7,13H,8-9H2,1-2H3,(H,20,21). The number of fused-ring (bicyclic) bond motifs is 1. The van der Waals surface area contributed by atoms with E-state index >= 15 is 0 Å². The second kappa shape index (κ2) is 6.04. The monoisotopic (exact) mass is 331 g/mol. The summed E-state index contributed by atoms with van der Waals surface area (Å²) in [5.74, 6) is -1.25. The van der Waals surface area contributed by atoms with Crippen molar-refractivity contribution in [1.82, 2.24) is 4.90 Å². The van der Waals surface area contributed by atoms with E-state index in [1.807, 2.05) is 37.3 Å². The number of nitrogens with zero attached hydrogens (tertiary/aromatic N) is 1. The second-order valence-electron chi connectivity index (χ2n) is 5.53. The summed E-state index contributed by atoms with van der Waals surface area (Å²) in [6, 6.07) is 9.22. The summed E-state index contributed by atoms with van der Waals surface area (Å²) in [4.78, 5) is 27.5. The molecule has 1 atom stereocenters. The fourth-order valence-corrected chi connectivity index (χ4v) is 3.86. The molecule has 0 radical (unpaired) electrons. The Bertz CT molecular complexity index is 768. The smallest absolute Gasteiger partial charge is 0.312 e. The minimum absolute atomic E-state index is 0.172. The molecule has 1 aromatic carbocycles. The van der Waals surface area contributed by atoms with Crippen LogP contribution in [0.1, 0.15) is 31.6 Å². The van der Waals surface area contributed by atoms with Crippen molar-refractivity contribution in [2.75, 3.05) is 13.7 Å². The maximum Gasteiger partial charge on any atom is 0.312 e. The first-order valence-corrected chi connectivity index (χ1v) is 8.07. The molecule has 3 rings (SSSR count). The van der Waals surface area contributed by atoms with E-state index < -0.39 is 11.9 Å². The Morgan fingerprint density at radius 3 is 2.78 bits per heavy atom. The van der Waals surface area contributed by atoms with Gasteiger partial charge in [0, 0.05) is 18.0 Å². The van der Waals surface area contributed by atoms with Crippen molar-refractivity contribution in [2.24, 2.45) is 0 Å². The first kappa shape index (κ1) is 15.6. The molecule has 1 N–H and O–H groups in total. The molecule has 0 bridgehead atoms. The molecule has 1 aliphatic heterocycles. The van der Waals surface area contributed by atoms with Crippen molar-refractivity contribution in [1.29, 1.82) is 0 Å². The number of benzene rings is 1. The van der Waals surface area contributed by atoms with Gasteiger partial charge in [0.25, 0.3) is 5.91 Å². The summed E-state index contributed by atoms with van der Waals surface area (Å²) in [6.45, 7) is 2.50. The number of rotatable bonds is 3. The van der Waals surface area contributed by atoms with Crippen LogP contribution < -0.4 is 4.74 Å². The zero-order valence-electron chi connectivity index (χ0n) is 12.9. The van der Waals surface area contributed by atoms with Crippen LogP contribution in [0.4, 0.5) is 0 Å². The van der Waals surface area contributed by atoms with Crippen LogP contribution in [-0.4, -0.2) is 35.5 Å². The largest absolute Gasteiger partial charge is 0.495 e. The number of aliphatic carboxylic acids is 1. The van der Waals surface area contributed by atoms with E-state index in [-0.39, 0.29) is 12.5 Å². The Kier molecular flexibility index (Phi) is 4.09. The van der Waals surface area contributed by atoms with Crippen molar-refractivity contribution in [3.8, 4) is 5.75 Å². The molecule has 0 saturated heterocycles. The van der Waals surface area contributed by atoms with Gasteiger partial charge in [0.2, 0.25) is 0 Å². The van der Waals surface area contributed by atoms with Gasteiger partial charge in [-0.25, -0.2) is 0 Å². The van der Waals surface area contributed by atoms with Crippen molar-refractivity contribution in [2.45, 2.75) is 19.4 Å². The van der Waals surface area contributed by atoms with Gasteiger partial charge in [-0.15, -0.1) is 11.3 Å².